The average molecular weight is 598 g/mol. The third-order valence-electron chi connectivity index (χ3n) is 10.0. The number of cyclic esters (lactones) is 1. The normalized spacial score (nSPS) is 32.9. The van der Waals surface area contributed by atoms with Crippen molar-refractivity contribution in [3.8, 4) is 11.5 Å². The Labute approximate surface area is 260 Å². The number of nitrogens with zero attached hydrogens (tertiary/aromatic N) is 1. The lowest BCUT2D eigenvalue weighted by Crippen LogP contribution is -2.33. The first-order valence-electron chi connectivity index (χ1n) is 16.2. The highest BCUT2D eigenvalue weighted by atomic mass is 16.6. The number of oxime groups is 1. The Hall–Kier alpha value is -3.71. The molecule has 8 atom stereocenters. The lowest BCUT2D eigenvalue weighted by molar-refractivity contribution is -0.151. The molecule has 0 aromatic heterocycles. The van der Waals surface area contributed by atoms with E-state index < -0.39 is 12.0 Å². The molecule has 2 fully saturated rings. The van der Waals surface area contributed by atoms with Gasteiger partial charge in [-0.25, -0.2) is 0 Å². The maximum Gasteiger partial charge on any atom is 0.306 e. The predicted octanol–water partition coefficient (Wildman–Crippen LogP) is 7.20. The van der Waals surface area contributed by atoms with Crippen molar-refractivity contribution >= 4 is 17.5 Å². The minimum Gasteiger partial charge on any atom is -0.462 e. The first-order chi connectivity index (χ1) is 21.4. The highest BCUT2D eigenvalue weighted by Gasteiger charge is 2.49. The van der Waals surface area contributed by atoms with Gasteiger partial charge in [0.05, 0.1) is 18.2 Å². The van der Waals surface area contributed by atoms with Crippen molar-refractivity contribution in [2.45, 2.75) is 77.6 Å². The number of allylic oxidation sites excluding steroid dienone is 4. The zero-order chi connectivity index (χ0) is 30.6. The van der Waals surface area contributed by atoms with Gasteiger partial charge < -0.3 is 19.4 Å². The number of aliphatic hydroxyl groups is 1. The molecule has 0 unspecified atom stereocenters. The average Bonchev–Trinajstić information content (AvgIpc) is 3.62. The summed E-state index contributed by atoms with van der Waals surface area (Å²) in [6, 6.07) is 17.5. The van der Waals surface area contributed by atoms with Crippen LogP contribution < -0.4 is 4.74 Å². The van der Waals surface area contributed by atoms with Crippen molar-refractivity contribution < 1.29 is 29.0 Å². The van der Waals surface area contributed by atoms with Gasteiger partial charge in [0.15, 0.2) is 5.78 Å². The number of carbonyl (C=O) groups excluding carboxylic acids is 2. The van der Waals surface area contributed by atoms with Crippen LogP contribution in [-0.4, -0.2) is 34.8 Å². The van der Waals surface area contributed by atoms with E-state index in [2.05, 4.69) is 23.4 Å². The second kappa shape index (κ2) is 13.5. The molecule has 0 spiro atoms. The van der Waals surface area contributed by atoms with E-state index in [1.807, 2.05) is 68.4 Å². The molecule has 1 saturated carbocycles. The van der Waals surface area contributed by atoms with Gasteiger partial charge in [-0.1, -0.05) is 67.6 Å². The zero-order valence-electron chi connectivity index (χ0n) is 25.6. The van der Waals surface area contributed by atoms with Crippen molar-refractivity contribution in [1.82, 2.24) is 0 Å². The second-order valence-corrected chi connectivity index (χ2v) is 12.9. The van der Waals surface area contributed by atoms with Crippen molar-refractivity contribution in [3.63, 3.8) is 0 Å². The zero-order valence-corrected chi connectivity index (χ0v) is 25.6. The molecule has 1 saturated heterocycles. The van der Waals surface area contributed by atoms with E-state index in [1.165, 1.54) is 0 Å². The van der Waals surface area contributed by atoms with Gasteiger partial charge in [-0.3, -0.25) is 9.59 Å². The van der Waals surface area contributed by atoms with Crippen molar-refractivity contribution in [2.24, 2.45) is 40.7 Å². The van der Waals surface area contributed by atoms with Crippen LogP contribution in [0.2, 0.25) is 0 Å². The van der Waals surface area contributed by atoms with Gasteiger partial charge in [-0.05, 0) is 97.6 Å². The van der Waals surface area contributed by atoms with E-state index in [-0.39, 0.29) is 42.0 Å². The highest BCUT2D eigenvalue weighted by molar-refractivity contribution is 5.99. The third kappa shape index (κ3) is 6.68. The molecule has 1 heterocycles. The van der Waals surface area contributed by atoms with E-state index >= 15 is 0 Å². The third-order valence-corrected chi connectivity index (χ3v) is 10.0. The number of fused-ring (bicyclic) bond motifs is 5. The van der Waals surface area contributed by atoms with Crippen LogP contribution in [0.5, 0.6) is 11.5 Å². The molecular formula is C37H43NO6. The molecule has 6 rings (SSSR count). The van der Waals surface area contributed by atoms with E-state index in [0.717, 1.165) is 48.5 Å². The van der Waals surface area contributed by atoms with Crippen LogP contribution in [0, 0.1) is 35.5 Å². The molecule has 1 N–H and O–H groups in total. The lowest BCUT2D eigenvalue weighted by atomic mass is 9.70. The van der Waals surface area contributed by atoms with Crippen molar-refractivity contribution in [3.05, 3.63) is 84.0 Å². The van der Waals surface area contributed by atoms with Crippen LogP contribution in [0.4, 0.5) is 0 Å². The number of hydrogen-bond donors (Lipinski definition) is 1. The van der Waals surface area contributed by atoms with Crippen LogP contribution in [0.3, 0.4) is 0 Å². The molecule has 232 valence electrons. The molecule has 0 bridgehead atoms. The molecule has 44 heavy (non-hydrogen) atoms. The number of benzene rings is 2. The van der Waals surface area contributed by atoms with Gasteiger partial charge in [-0.2, -0.15) is 0 Å². The minimum absolute atomic E-state index is 0.0299. The van der Waals surface area contributed by atoms with Gasteiger partial charge in [-0.15, -0.1) is 0 Å². The fourth-order valence-electron chi connectivity index (χ4n) is 7.49. The summed E-state index contributed by atoms with van der Waals surface area (Å²) in [5.74, 6) is 1.40. The van der Waals surface area contributed by atoms with E-state index in [0.29, 0.717) is 36.9 Å². The summed E-state index contributed by atoms with van der Waals surface area (Å²) in [6.07, 6.45) is 10.3. The standard InChI is InChI=1S/C37H43NO6/c1-3-27-10-7-11-35(39)23(2)37(41)34-20-32-30(33(34)21-36(40)44-27)17-14-25-18-26(19-31(25)32)38-42-22-24-12-15-29(16-13-24)43-28-8-5-4-6-9-28/h4-6,8-9,12-17,20,23,25,27,30-33,35,39H,3,7,10-11,18-19,21-22H2,1-2H3/b38-26+/t23-,25-,27+,30-,31-,32-,33+,35+/m1/s1. The molecule has 7 nitrogen and oxygen atoms in total. The Kier molecular flexibility index (Phi) is 9.31. The molecule has 0 amide bonds. The number of Topliss-reactive ketones (excluding diaryl/α,β-unsaturated/α-hetero) is 1. The van der Waals surface area contributed by atoms with Gasteiger partial charge in [0.2, 0.25) is 0 Å². The first-order valence-corrected chi connectivity index (χ1v) is 16.2. The first kappa shape index (κ1) is 30.3. The number of aliphatic hydroxyl groups excluding tert-OH is 1. The Bertz CT molecular complexity index is 1410. The summed E-state index contributed by atoms with van der Waals surface area (Å²) >= 11 is 0. The van der Waals surface area contributed by atoms with E-state index in [1.54, 1.807) is 0 Å². The summed E-state index contributed by atoms with van der Waals surface area (Å²) in [5.41, 5.74) is 2.73. The molecule has 2 aromatic carbocycles. The van der Waals surface area contributed by atoms with Gasteiger partial charge in [0.25, 0.3) is 0 Å². The van der Waals surface area contributed by atoms with Crippen molar-refractivity contribution in [2.75, 3.05) is 0 Å². The smallest absolute Gasteiger partial charge is 0.306 e. The minimum atomic E-state index is -0.697. The highest BCUT2D eigenvalue weighted by Crippen LogP contribution is 2.53. The van der Waals surface area contributed by atoms with Gasteiger partial charge in [0, 0.05) is 11.8 Å². The number of ether oxygens (including phenoxy) is 2. The molecular weight excluding hydrogens is 554 g/mol. The lowest BCUT2D eigenvalue weighted by Gasteiger charge is -2.34. The fourth-order valence-corrected chi connectivity index (χ4v) is 7.49. The molecule has 7 heteroatoms. The monoisotopic (exact) mass is 597 g/mol. The maximum absolute atomic E-state index is 13.7. The summed E-state index contributed by atoms with van der Waals surface area (Å²) in [7, 11) is 0. The molecule has 0 radical (unpaired) electrons. The number of hydrogen-bond acceptors (Lipinski definition) is 7. The number of carbonyl (C=O) groups is 2. The van der Waals surface area contributed by atoms with Gasteiger partial charge in [0.1, 0.15) is 24.2 Å². The maximum atomic E-state index is 13.7. The molecule has 2 aromatic rings. The molecule has 4 aliphatic rings. The molecule has 3 aliphatic carbocycles. The Morgan fingerprint density at radius 2 is 1.70 bits per heavy atom. The number of para-hydroxylation sites is 1. The van der Waals surface area contributed by atoms with Crippen LogP contribution in [0.25, 0.3) is 0 Å². The van der Waals surface area contributed by atoms with E-state index in [9.17, 15) is 14.7 Å². The summed E-state index contributed by atoms with van der Waals surface area (Å²) in [6.45, 7) is 4.22. The van der Waals surface area contributed by atoms with E-state index in [4.69, 9.17) is 14.3 Å². The molecule has 1 aliphatic heterocycles. The Morgan fingerprint density at radius 1 is 0.932 bits per heavy atom. The summed E-state index contributed by atoms with van der Waals surface area (Å²) < 4.78 is 11.7. The number of ketones is 1. The van der Waals surface area contributed by atoms with Crippen LogP contribution in [0.1, 0.15) is 64.4 Å². The van der Waals surface area contributed by atoms with Crippen LogP contribution in [0.15, 0.2) is 83.6 Å². The van der Waals surface area contributed by atoms with Crippen molar-refractivity contribution in [1.29, 1.82) is 0 Å². The van der Waals surface area contributed by atoms with Crippen LogP contribution >= 0.6 is 0 Å². The van der Waals surface area contributed by atoms with Crippen LogP contribution in [-0.2, 0) is 25.8 Å². The summed E-state index contributed by atoms with van der Waals surface area (Å²) in [4.78, 5) is 32.6. The quantitative estimate of drug-likeness (QED) is 0.215. The largest absolute Gasteiger partial charge is 0.462 e. The Balaban J connectivity index is 1.12. The Morgan fingerprint density at radius 3 is 2.48 bits per heavy atom. The summed E-state index contributed by atoms with van der Waals surface area (Å²) in [5, 5.41) is 15.4. The SMILES string of the molecule is CC[C@H]1CCC[C@H](O)[C@@H](C)C(=O)C2=C[C@@H]3[C@@H](C=C[C@@H]4C/C(=N\OCc5ccc(Oc6ccccc6)cc5)C[C@@H]34)[C@@H]2CC(=O)O1. The number of rotatable bonds is 6. The fraction of sp³-hybridized carbons (Fsp3) is 0.486. The topological polar surface area (TPSA) is 94.4 Å². The second-order valence-electron chi connectivity index (χ2n) is 12.9. The van der Waals surface area contributed by atoms with Gasteiger partial charge >= 0.3 is 5.97 Å². The number of esters is 1. The predicted molar refractivity (Wildman–Crippen MR) is 168 cm³/mol.